The highest BCUT2D eigenvalue weighted by Gasteiger charge is 2.30. The standard InChI is InChI=1S/C8H15BrS/c1-8(2,6-9)7-3-4-10-5-7/h7H,3-6H2,1-2H3. The van der Waals surface area contributed by atoms with Crippen LogP contribution in [0.3, 0.4) is 0 Å². The number of halogens is 1. The second-order valence-corrected chi connectivity index (χ2v) is 5.39. The highest BCUT2D eigenvalue weighted by atomic mass is 79.9. The lowest BCUT2D eigenvalue weighted by molar-refractivity contribution is 0.278. The van der Waals surface area contributed by atoms with Crippen LogP contribution in [0.25, 0.3) is 0 Å². The van der Waals surface area contributed by atoms with E-state index in [1.54, 1.807) is 0 Å². The van der Waals surface area contributed by atoms with E-state index >= 15 is 0 Å². The summed E-state index contributed by atoms with van der Waals surface area (Å²) < 4.78 is 0. The normalized spacial score (nSPS) is 27.3. The molecule has 1 unspecified atom stereocenters. The van der Waals surface area contributed by atoms with Crippen molar-refractivity contribution in [2.24, 2.45) is 11.3 Å². The molecule has 0 N–H and O–H groups in total. The van der Waals surface area contributed by atoms with E-state index < -0.39 is 0 Å². The minimum absolute atomic E-state index is 0.517. The second-order valence-electron chi connectivity index (χ2n) is 3.68. The van der Waals surface area contributed by atoms with Crippen molar-refractivity contribution in [2.75, 3.05) is 16.8 Å². The first-order valence-electron chi connectivity index (χ1n) is 3.80. The van der Waals surface area contributed by atoms with Gasteiger partial charge in [0.15, 0.2) is 0 Å². The number of hydrogen-bond acceptors (Lipinski definition) is 1. The van der Waals surface area contributed by atoms with Gasteiger partial charge in [0.25, 0.3) is 0 Å². The number of hydrogen-bond donors (Lipinski definition) is 0. The molecule has 1 aliphatic rings. The van der Waals surface area contributed by atoms with Crippen molar-refractivity contribution in [2.45, 2.75) is 20.3 Å². The van der Waals surface area contributed by atoms with Gasteiger partial charge in [-0.3, -0.25) is 0 Å². The van der Waals surface area contributed by atoms with Crippen LogP contribution in [0, 0.1) is 11.3 Å². The largest absolute Gasteiger partial charge is 0.162 e. The third-order valence-corrected chi connectivity index (χ3v) is 4.99. The molecule has 0 bridgehead atoms. The smallest absolute Gasteiger partial charge is 0.00856 e. The van der Waals surface area contributed by atoms with Gasteiger partial charge in [0, 0.05) is 5.33 Å². The Morgan fingerprint density at radius 3 is 2.70 bits per heavy atom. The van der Waals surface area contributed by atoms with E-state index in [-0.39, 0.29) is 0 Å². The molecule has 0 aromatic carbocycles. The number of thioether (sulfide) groups is 1. The Kier molecular flexibility index (Phi) is 3.11. The minimum Gasteiger partial charge on any atom is -0.162 e. The average Bonchev–Trinajstić information content (AvgIpc) is 2.38. The molecule has 0 nitrogen and oxygen atoms in total. The Labute approximate surface area is 76.3 Å². The van der Waals surface area contributed by atoms with Gasteiger partial charge in [-0.1, -0.05) is 29.8 Å². The molecule has 1 fully saturated rings. The van der Waals surface area contributed by atoms with E-state index in [1.165, 1.54) is 17.9 Å². The fraction of sp³-hybridized carbons (Fsp3) is 1.00. The van der Waals surface area contributed by atoms with Crippen LogP contribution in [0.15, 0.2) is 0 Å². The van der Waals surface area contributed by atoms with Gasteiger partial charge in [-0.25, -0.2) is 0 Å². The molecule has 0 aromatic heterocycles. The van der Waals surface area contributed by atoms with Crippen LogP contribution < -0.4 is 0 Å². The van der Waals surface area contributed by atoms with Crippen LogP contribution in [0.5, 0.6) is 0 Å². The lowest BCUT2D eigenvalue weighted by Crippen LogP contribution is -2.25. The van der Waals surface area contributed by atoms with Crippen LogP contribution in [0.4, 0.5) is 0 Å². The Morgan fingerprint density at radius 2 is 2.30 bits per heavy atom. The van der Waals surface area contributed by atoms with Crippen molar-refractivity contribution in [3.63, 3.8) is 0 Å². The fourth-order valence-corrected chi connectivity index (χ4v) is 3.24. The molecule has 1 saturated heterocycles. The molecule has 0 aliphatic carbocycles. The zero-order valence-corrected chi connectivity index (χ0v) is 9.09. The maximum Gasteiger partial charge on any atom is 0.00856 e. The zero-order chi connectivity index (χ0) is 7.61. The summed E-state index contributed by atoms with van der Waals surface area (Å²) >= 11 is 5.68. The maximum atomic E-state index is 3.57. The number of alkyl halides is 1. The van der Waals surface area contributed by atoms with Gasteiger partial charge in [-0.05, 0) is 29.3 Å². The first kappa shape index (κ1) is 8.92. The maximum absolute atomic E-state index is 3.57. The molecule has 0 saturated carbocycles. The lowest BCUT2D eigenvalue weighted by atomic mass is 9.80. The van der Waals surface area contributed by atoms with Crippen molar-refractivity contribution in [1.82, 2.24) is 0 Å². The van der Waals surface area contributed by atoms with Crippen molar-refractivity contribution in [1.29, 1.82) is 0 Å². The zero-order valence-electron chi connectivity index (χ0n) is 6.69. The van der Waals surface area contributed by atoms with E-state index in [9.17, 15) is 0 Å². The fourth-order valence-electron chi connectivity index (χ4n) is 1.26. The van der Waals surface area contributed by atoms with E-state index in [4.69, 9.17) is 0 Å². The molecular weight excluding hydrogens is 208 g/mol. The van der Waals surface area contributed by atoms with Crippen LogP contribution in [0.2, 0.25) is 0 Å². The second kappa shape index (κ2) is 3.48. The molecule has 1 aliphatic heterocycles. The Bertz CT molecular complexity index is 106. The van der Waals surface area contributed by atoms with E-state index in [0.717, 1.165) is 11.2 Å². The highest BCUT2D eigenvalue weighted by Crippen LogP contribution is 2.38. The molecule has 0 amide bonds. The van der Waals surface area contributed by atoms with Gasteiger partial charge < -0.3 is 0 Å². The summed E-state index contributed by atoms with van der Waals surface area (Å²) in [5.41, 5.74) is 0.517. The van der Waals surface area contributed by atoms with Crippen molar-refractivity contribution in [3.8, 4) is 0 Å². The molecule has 2 heteroatoms. The molecular formula is C8H15BrS. The molecule has 0 radical (unpaired) electrons. The van der Waals surface area contributed by atoms with E-state index in [0.29, 0.717) is 5.41 Å². The van der Waals surface area contributed by atoms with Gasteiger partial charge in [0.1, 0.15) is 0 Å². The Hall–Kier alpha value is 0.830. The molecule has 1 rings (SSSR count). The van der Waals surface area contributed by atoms with E-state index in [1.807, 2.05) is 0 Å². The molecule has 1 atom stereocenters. The topological polar surface area (TPSA) is 0 Å². The first-order valence-corrected chi connectivity index (χ1v) is 6.08. The van der Waals surface area contributed by atoms with Gasteiger partial charge >= 0.3 is 0 Å². The molecule has 10 heavy (non-hydrogen) atoms. The van der Waals surface area contributed by atoms with Crippen LogP contribution >= 0.6 is 27.7 Å². The predicted octanol–water partition coefficient (Wildman–Crippen LogP) is 3.16. The summed E-state index contributed by atoms with van der Waals surface area (Å²) in [6, 6.07) is 0. The monoisotopic (exact) mass is 222 g/mol. The Balaban J connectivity index is 2.45. The van der Waals surface area contributed by atoms with Gasteiger partial charge in [-0.2, -0.15) is 11.8 Å². The van der Waals surface area contributed by atoms with Gasteiger partial charge in [-0.15, -0.1) is 0 Å². The summed E-state index contributed by atoms with van der Waals surface area (Å²) in [6.07, 6.45) is 1.42. The van der Waals surface area contributed by atoms with Crippen LogP contribution in [-0.4, -0.2) is 16.8 Å². The lowest BCUT2D eigenvalue weighted by Gasteiger charge is -2.28. The average molecular weight is 223 g/mol. The Morgan fingerprint density at radius 1 is 1.60 bits per heavy atom. The SMILES string of the molecule is CC(C)(CBr)C1CCSC1. The number of rotatable bonds is 2. The summed E-state index contributed by atoms with van der Waals surface area (Å²) in [7, 11) is 0. The molecule has 0 aromatic rings. The summed E-state index contributed by atoms with van der Waals surface area (Å²) in [5.74, 6) is 3.69. The van der Waals surface area contributed by atoms with Crippen molar-refractivity contribution >= 4 is 27.7 Å². The minimum atomic E-state index is 0.517. The summed E-state index contributed by atoms with van der Waals surface area (Å²) in [6.45, 7) is 4.72. The third-order valence-electron chi connectivity index (χ3n) is 2.38. The summed E-state index contributed by atoms with van der Waals surface area (Å²) in [4.78, 5) is 0. The van der Waals surface area contributed by atoms with Crippen LogP contribution in [0.1, 0.15) is 20.3 Å². The summed E-state index contributed by atoms with van der Waals surface area (Å²) in [5, 5.41) is 1.14. The quantitative estimate of drug-likeness (QED) is 0.648. The molecule has 60 valence electrons. The highest BCUT2D eigenvalue weighted by molar-refractivity contribution is 9.09. The predicted molar refractivity (Wildman–Crippen MR) is 53.0 cm³/mol. The van der Waals surface area contributed by atoms with Crippen LogP contribution in [-0.2, 0) is 0 Å². The van der Waals surface area contributed by atoms with Crippen molar-refractivity contribution in [3.05, 3.63) is 0 Å². The van der Waals surface area contributed by atoms with Crippen molar-refractivity contribution < 1.29 is 0 Å². The van der Waals surface area contributed by atoms with Gasteiger partial charge in [0.05, 0.1) is 0 Å². The molecule has 1 heterocycles. The third kappa shape index (κ3) is 1.91. The van der Waals surface area contributed by atoms with E-state index in [2.05, 4.69) is 41.5 Å². The molecule has 0 spiro atoms. The van der Waals surface area contributed by atoms with Gasteiger partial charge in [0.2, 0.25) is 0 Å². The first-order chi connectivity index (χ1) is 4.67.